The van der Waals surface area contributed by atoms with Crippen LogP contribution in [0.5, 0.6) is 0 Å². The van der Waals surface area contributed by atoms with E-state index in [-0.39, 0.29) is 5.60 Å². The number of halogens is 1. The molecule has 0 aromatic carbocycles. The van der Waals surface area contributed by atoms with Gasteiger partial charge in [-0.1, -0.05) is 6.92 Å². The zero-order chi connectivity index (χ0) is 9.90. The predicted octanol–water partition coefficient (Wildman–Crippen LogP) is 3.15. The van der Waals surface area contributed by atoms with Crippen LogP contribution in [-0.4, -0.2) is 12.1 Å². The zero-order valence-electron chi connectivity index (χ0n) is 8.13. The maximum Gasteiger partial charge on any atom is 0.125 e. The van der Waals surface area contributed by atoms with Crippen LogP contribution in [-0.2, 0) is 16.2 Å². The van der Waals surface area contributed by atoms with E-state index in [9.17, 15) is 0 Å². The Morgan fingerprint density at radius 3 is 2.77 bits per heavy atom. The maximum atomic E-state index is 5.71. The highest BCUT2D eigenvalue weighted by atomic mass is 35.5. The van der Waals surface area contributed by atoms with Gasteiger partial charge < -0.3 is 4.74 Å². The lowest BCUT2D eigenvalue weighted by Crippen LogP contribution is -2.22. The summed E-state index contributed by atoms with van der Waals surface area (Å²) in [6.07, 6.45) is 2.73. The second-order valence-electron chi connectivity index (χ2n) is 3.05. The number of nitrogens with zero attached hydrogens (tertiary/aromatic N) is 1. The van der Waals surface area contributed by atoms with Crippen molar-refractivity contribution in [2.45, 2.75) is 31.7 Å². The van der Waals surface area contributed by atoms with Crippen LogP contribution in [0.3, 0.4) is 0 Å². The van der Waals surface area contributed by atoms with Crippen molar-refractivity contribution in [1.82, 2.24) is 4.98 Å². The van der Waals surface area contributed by atoms with Crippen molar-refractivity contribution in [2.75, 3.05) is 7.11 Å². The summed E-state index contributed by atoms with van der Waals surface area (Å²) in [5.41, 5.74) is -0.255. The first-order chi connectivity index (χ1) is 6.16. The number of hydrogen-bond donors (Lipinski definition) is 0. The Hall–Kier alpha value is -0.120. The first-order valence-electron chi connectivity index (χ1n) is 4.22. The standard InChI is InChI=1S/C9H14ClNOS/c1-4-9(2,12-3)8-11-6-7(5-10)13-8/h6H,4-5H2,1-3H3. The molecule has 1 heterocycles. The average molecular weight is 220 g/mol. The van der Waals surface area contributed by atoms with Crippen molar-refractivity contribution < 1.29 is 4.74 Å². The van der Waals surface area contributed by atoms with Crippen LogP contribution < -0.4 is 0 Å². The van der Waals surface area contributed by atoms with E-state index >= 15 is 0 Å². The lowest BCUT2D eigenvalue weighted by Gasteiger charge is -2.23. The molecule has 0 aliphatic carbocycles. The summed E-state index contributed by atoms with van der Waals surface area (Å²) in [7, 11) is 1.71. The molecule has 74 valence electrons. The fourth-order valence-electron chi connectivity index (χ4n) is 0.997. The van der Waals surface area contributed by atoms with E-state index in [0.29, 0.717) is 5.88 Å². The second kappa shape index (κ2) is 4.40. The van der Waals surface area contributed by atoms with Gasteiger partial charge in [-0.25, -0.2) is 4.98 Å². The molecule has 0 amide bonds. The van der Waals surface area contributed by atoms with E-state index in [1.807, 2.05) is 13.1 Å². The summed E-state index contributed by atoms with van der Waals surface area (Å²) < 4.78 is 5.44. The Morgan fingerprint density at radius 2 is 2.38 bits per heavy atom. The van der Waals surface area contributed by atoms with Gasteiger partial charge >= 0.3 is 0 Å². The van der Waals surface area contributed by atoms with Gasteiger partial charge in [-0.2, -0.15) is 0 Å². The molecule has 0 bridgehead atoms. The number of thiazole rings is 1. The molecule has 4 heteroatoms. The Balaban J connectivity index is 2.91. The Bertz CT molecular complexity index is 270. The van der Waals surface area contributed by atoms with Crippen LogP contribution in [0.1, 0.15) is 30.2 Å². The molecule has 0 spiro atoms. The van der Waals surface area contributed by atoms with Crippen molar-refractivity contribution in [3.8, 4) is 0 Å². The van der Waals surface area contributed by atoms with Gasteiger partial charge in [-0.15, -0.1) is 22.9 Å². The molecule has 0 aliphatic rings. The number of hydrogen-bond acceptors (Lipinski definition) is 3. The molecule has 2 nitrogen and oxygen atoms in total. The molecule has 0 aliphatic heterocycles. The van der Waals surface area contributed by atoms with E-state index in [1.165, 1.54) is 0 Å². The monoisotopic (exact) mass is 219 g/mol. The highest BCUT2D eigenvalue weighted by Crippen LogP contribution is 2.31. The molecule has 0 saturated heterocycles. The molecular formula is C9H14ClNOS. The molecule has 1 aromatic rings. The second-order valence-corrected chi connectivity index (χ2v) is 4.44. The first-order valence-corrected chi connectivity index (χ1v) is 5.57. The first kappa shape index (κ1) is 11.0. The summed E-state index contributed by atoms with van der Waals surface area (Å²) in [4.78, 5) is 5.40. The normalized spacial score (nSPS) is 15.7. The van der Waals surface area contributed by atoms with Crippen molar-refractivity contribution in [3.05, 3.63) is 16.1 Å². The predicted molar refractivity (Wildman–Crippen MR) is 56.3 cm³/mol. The topological polar surface area (TPSA) is 22.1 Å². The van der Waals surface area contributed by atoms with E-state index in [2.05, 4.69) is 11.9 Å². The van der Waals surface area contributed by atoms with Gasteiger partial charge in [-0.3, -0.25) is 0 Å². The molecule has 1 atom stereocenters. The van der Waals surface area contributed by atoms with Gasteiger partial charge in [0, 0.05) is 18.2 Å². The number of rotatable bonds is 4. The quantitative estimate of drug-likeness (QED) is 0.726. The Morgan fingerprint density at radius 1 is 1.69 bits per heavy atom. The van der Waals surface area contributed by atoms with Crippen molar-refractivity contribution >= 4 is 22.9 Å². The third kappa shape index (κ3) is 2.22. The third-order valence-corrected chi connectivity index (χ3v) is 3.95. The molecule has 0 radical (unpaired) electrons. The molecule has 0 saturated carbocycles. The lowest BCUT2D eigenvalue weighted by molar-refractivity contribution is -0.00156. The summed E-state index contributed by atoms with van der Waals surface area (Å²) in [6.45, 7) is 4.13. The number of aromatic nitrogens is 1. The van der Waals surface area contributed by atoms with Crippen LogP contribution >= 0.6 is 22.9 Å². The highest BCUT2D eigenvalue weighted by molar-refractivity contribution is 7.11. The third-order valence-electron chi connectivity index (χ3n) is 2.26. The van der Waals surface area contributed by atoms with Crippen LogP contribution in [0.4, 0.5) is 0 Å². The summed E-state index contributed by atoms with van der Waals surface area (Å²) in [6, 6.07) is 0. The van der Waals surface area contributed by atoms with Crippen LogP contribution in [0.25, 0.3) is 0 Å². The van der Waals surface area contributed by atoms with Crippen molar-refractivity contribution in [3.63, 3.8) is 0 Å². The van der Waals surface area contributed by atoms with Crippen LogP contribution in [0.2, 0.25) is 0 Å². The molecule has 0 N–H and O–H groups in total. The maximum absolute atomic E-state index is 5.71. The molecule has 1 aromatic heterocycles. The van der Waals surface area contributed by atoms with E-state index in [0.717, 1.165) is 16.3 Å². The van der Waals surface area contributed by atoms with E-state index < -0.39 is 0 Å². The lowest BCUT2D eigenvalue weighted by atomic mass is 10.1. The van der Waals surface area contributed by atoms with E-state index in [4.69, 9.17) is 16.3 Å². The number of ether oxygens (including phenoxy) is 1. The Kier molecular flexibility index (Phi) is 3.71. The molecule has 13 heavy (non-hydrogen) atoms. The van der Waals surface area contributed by atoms with Crippen molar-refractivity contribution in [1.29, 1.82) is 0 Å². The SMILES string of the molecule is CCC(C)(OC)c1ncc(CCl)s1. The minimum absolute atomic E-state index is 0.255. The molecular weight excluding hydrogens is 206 g/mol. The average Bonchev–Trinajstić information content (AvgIpc) is 2.65. The fraction of sp³-hybridized carbons (Fsp3) is 0.667. The summed E-state index contributed by atoms with van der Waals surface area (Å²) in [5, 5.41) is 1.01. The van der Waals surface area contributed by atoms with Crippen LogP contribution in [0, 0.1) is 0 Å². The largest absolute Gasteiger partial charge is 0.371 e. The van der Waals surface area contributed by atoms with Gasteiger partial charge in [0.1, 0.15) is 10.6 Å². The zero-order valence-corrected chi connectivity index (χ0v) is 9.71. The van der Waals surface area contributed by atoms with Gasteiger partial charge in [0.25, 0.3) is 0 Å². The van der Waals surface area contributed by atoms with Gasteiger partial charge in [0.2, 0.25) is 0 Å². The van der Waals surface area contributed by atoms with Gasteiger partial charge in [0.05, 0.1) is 5.88 Å². The summed E-state index contributed by atoms with van der Waals surface area (Å²) in [5.74, 6) is 0.529. The summed E-state index contributed by atoms with van der Waals surface area (Å²) >= 11 is 7.33. The van der Waals surface area contributed by atoms with Gasteiger partial charge in [0.15, 0.2) is 0 Å². The number of alkyl halides is 1. The molecule has 0 fully saturated rings. The van der Waals surface area contributed by atoms with E-state index in [1.54, 1.807) is 18.4 Å². The smallest absolute Gasteiger partial charge is 0.125 e. The molecule has 1 unspecified atom stereocenters. The Labute approximate surface area is 87.9 Å². The highest BCUT2D eigenvalue weighted by Gasteiger charge is 2.27. The minimum Gasteiger partial charge on any atom is -0.371 e. The fourth-order valence-corrected chi connectivity index (χ4v) is 2.19. The molecule has 1 rings (SSSR count). The van der Waals surface area contributed by atoms with Crippen LogP contribution in [0.15, 0.2) is 6.20 Å². The number of methoxy groups -OCH3 is 1. The van der Waals surface area contributed by atoms with Crippen molar-refractivity contribution in [2.24, 2.45) is 0 Å². The van der Waals surface area contributed by atoms with Gasteiger partial charge in [-0.05, 0) is 13.3 Å². The minimum atomic E-state index is -0.255.